The van der Waals surface area contributed by atoms with Gasteiger partial charge in [-0.1, -0.05) is 34.1 Å². The number of aromatic nitrogens is 2. The Hall–Kier alpha value is -2.67. The molecule has 138 valence electrons. The van der Waals surface area contributed by atoms with Gasteiger partial charge in [-0.3, -0.25) is 14.2 Å². The molecule has 0 fully saturated rings. The van der Waals surface area contributed by atoms with Gasteiger partial charge in [0.15, 0.2) is 0 Å². The number of para-hydroxylation sites is 1. The summed E-state index contributed by atoms with van der Waals surface area (Å²) < 4.78 is 8.10. The molecule has 1 N–H and O–H groups in total. The van der Waals surface area contributed by atoms with Gasteiger partial charge in [-0.2, -0.15) is 0 Å². The molecule has 7 heteroatoms. The molecule has 1 aliphatic rings. The van der Waals surface area contributed by atoms with E-state index in [-0.39, 0.29) is 30.5 Å². The molecule has 1 aliphatic heterocycles. The first-order valence-corrected chi connectivity index (χ1v) is 9.55. The number of aryl methyl sites for hydroxylation is 1. The number of rotatable bonds is 5. The summed E-state index contributed by atoms with van der Waals surface area (Å²) >= 11 is 3.37. The van der Waals surface area contributed by atoms with E-state index >= 15 is 0 Å². The standard InChI is InChI=1S/C20H18BrN3O3/c21-14-5-6-17-16(10-14)20(26)24(12-23-17)8-7-19(25)22-11-15-9-13-3-1-2-4-18(13)27-15/h1-6,10,12,15H,7-9,11H2,(H,22,25). The van der Waals surface area contributed by atoms with Crippen molar-refractivity contribution in [2.24, 2.45) is 0 Å². The Kier molecular flexibility index (Phi) is 4.94. The van der Waals surface area contributed by atoms with E-state index in [4.69, 9.17) is 4.74 Å². The van der Waals surface area contributed by atoms with Gasteiger partial charge in [0.2, 0.25) is 5.91 Å². The SMILES string of the molecule is O=C(CCn1cnc2ccc(Br)cc2c1=O)NCC1Cc2ccccc2O1. The van der Waals surface area contributed by atoms with Crippen LogP contribution in [-0.4, -0.2) is 28.1 Å². The molecular weight excluding hydrogens is 410 g/mol. The van der Waals surface area contributed by atoms with E-state index in [0.29, 0.717) is 17.4 Å². The number of benzene rings is 2. The number of amides is 1. The van der Waals surface area contributed by atoms with E-state index in [1.807, 2.05) is 30.3 Å². The highest BCUT2D eigenvalue weighted by Crippen LogP contribution is 2.27. The highest BCUT2D eigenvalue weighted by atomic mass is 79.9. The molecule has 6 nitrogen and oxygen atoms in total. The predicted octanol–water partition coefficient (Wildman–Crippen LogP) is 2.67. The summed E-state index contributed by atoms with van der Waals surface area (Å²) in [6.45, 7) is 0.733. The van der Waals surface area contributed by atoms with Crippen LogP contribution in [0.25, 0.3) is 10.9 Å². The second-order valence-electron chi connectivity index (χ2n) is 6.51. The van der Waals surface area contributed by atoms with Gasteiger partial charge in [-0.15, -0.1) is 0 Å². The molecule has 0 aliphatic carbocycles. The van der Waals surface area contributed by atoms with Gasteiger partial charge < -0.3 is 10.1 Å². The maximum atomic E-state index is 12.5. The maximum Gasteiger partial charge on any atom is 0.261 e. The smallest absolute Gasteiger partial charge is 0.261 e. The Morgan fingerprint density at radius 1 is 1.30 bits per heavy atom. The lowest BCUT2D eigenvalue weighted by molar-refractivity contribution is -0.121. The van der Waals surface area contributed by atoms with Crippen molar-refractivity contribution >= 4 is 32.7 Å². The number of hydrogen-bond acceptors (Lipinski definition) is 4. The fourth-order valence-electron chi connectivity index (χ4n) is 3.20. The number of fused-ring (bicyclic) bond motifs is 2. The van der Waals surface area contributed by atoms with Gasteiger partial charge in [-0.05, 0) is 29.8 Å². The molecule has 4 rings (SSSR count). The number of ether oxygens (including phenoxy) is 1. The fourth-order valence-corrected chi connectivity index (χ4v) is 3.56. The zero-order valence-electron chi connectivity index (χ0n) is 14.5. The summed E-state index contributed by atoms with van der Waals surface area (Å²) in [5, 5.41) is 3.42. The molecule has 2 aromatic carbocycles. The molecule has 1 aromatic heterocycles. The van der Waals surface area contributed by atoms with Gasteiger partial charge in [0.05, 0.1) is 23.8 Å². The average Bonchev–Trinajstić information content (AvgIpc) is 3.09. The average molecular weight is 428 g/mol. The van der Waals surface area contributed by atoms with Crippen LogP contribution < -0.4 is 15.6 Å². The van der Waals surface area contributed by atoms with Gasteiger partial charge in [-0.25, -0.2) is 4.98 Å². The Morgan fingerprint density at radius 2 is 2.15 bits per heavy atom. The van der Waals surface area contributed by atoms with Crippen LogP contribution >= 0.6 is 15.9 Å². The molecule has 3 aromatic rings. The van der Waals surface area contributed by atoms with E-state index in [1.165, 1.54) is 10.9 Å². The first-order valence-electron chi connectivity index (χ1n) is 8.76. The molecule has 2 heterocycles. The summed E-state index contributed by atoms with van der Waals surface area (Å²) in [6.07, 6.45) is 2.44. The minimum absolute atomic E-state index is 0.0474. The number of halogens is 1. The zero-order valence-corrected chi connectivity index (χ0v) is 16.1. The molecule has 0 spiro atoms. The molecule has 0 bridgehead atoms. The quantitative estimate of drug-likeness (QED) is 0.679. The fraction of sp³-hybridized carbons (Fsp3) is 0.250. The van der Waals surface area contributed by atoms with E-state index < -0.39 is 0 Å². The van der Waals surface area contributed by atoms with Crippen LogP contribution in [-0.2, 0) is 17.8 Å². The van der Waals surface area contributed by atoms with E-state index in [1.54, 1.807) is 12.1 Å². The highest BCUT2D eigenvalue weighted by molar-refractivity contribution is 9.10. The van der Waals surface area contributed by atoms with Crippen LogP contribution in [0.15, 0.2) is 58.1 Å². The second-order valence-corrected chi connectivity index (χ2v) is 7.43. The third kappa shape index (κ3) is 3.88. The molecular formula is C20H18BrN3O3. The van der Waals surface area contributed by atoms with E-state index in [0.717, 1.165) is 22.2 Å². The van der Waals surface area contributed by atoms with Crippen molar-refractivity contribution in [3.05, 3.63) is 69.2 Å². The Morgan fingerprint density at radius 3 is 3.00 bits per heavy atom. The molecule has 0 saturated heterocycles. The highest BCUT2D eigenvalue weighted by Gasteiger charge is 2.22. The summed E-state index contributed by atoms with van der Waals surface area (Å²) in [5.41, 5.74) is 1.65. The van der Waals surface area contributed by atoms with Gasteiger partial charge in [0.25, 0.3) is 5.56 Å². The lowest BCUT2D eigenvalue weighted by atomic mass is 10.1. The first kappa shape index (κ1) is 17.7. The van der Waals surface area contributed by atoms with Crippen molar-refractivity contribution in [2.75, 3.05) is 6.54 Å². The van der Waals surface area contributed by atoms with Crippen molar-refractivity contribution in [3.8, 4) is 5.75 Å². The van der Waals surface area contributed by atoms with Gasteiger partial charge >= 0.3 is 0 Å². The summed E-state index contributed by atoms with van der Waals surface area (Å²) in [5.74, 6) is 0.771. The van der Waals surface area contributed by atoms with E-state index in [9.17, 15) is 9.59 Å². The van der Waals surface area contributed by atoms with Crippen LogP contribution in [0.1, 0.15) is 12.0 Å². The first-order chi connectivity index (χ1) is 13.1. The molecule has 1 amide bonds. The van der Waals surface area contributed by atoms with Crippen LogP contribution in [0.2, 0.25) is 0 Å². The summed E-state index contributed by atoms with van der Waals surface area (Å²) in [7, 11) is 0. The lowest BCUT2D eigenvalue weighted by Crippen LogP contribution is -2.35. The van der Waals surface area contributed by atoms with Gasteiger partial charge in [0.1, 0.15) is 11.9 Å². The molecule has 27 heavy (non-hydrogen) atoms. The monoisotopic (exact) mass is 427 g/mol. The molecule has 0 radical (unpaired) electrons. The third-order valence-electron chi connectivity index (χ3n) is 4.61. The van der Waals surface area contributed by atoms with Crippen molar-refractivity contribution in [1.29, 1.82) is 0 Å². The van der Waals surface area contributed by atoms with E-state index in [2.05, 4.69) is 26.2 Å². The molecule has 1 unspecified atom stereocenters. The van der Waals surface area contributed by atoms with Crippen molar-refractivity contribution in [3.63, 3.8) is 0 Å². The normalized spacial score (nSPS) is 15.4. The van der Waals surface area contributed by atoms with Crippen molar-refractivity contribution in [2.45, 2.75) is 25.5 Å². The largest absolute Gasteiger partial charge is 0.488 e. The predicted molar refractivity (Wildman–Crippen MR) is 106 cm³/mol. The maximum absolute atomic E-state index is 12.5. The Balaban J connectivity index is 1.33. The van der Waals surface area contributed by atoms with Gasteiger partial charge in [0, 0.05) is 23.9 Å². The van der Waals surface area contributed by atoms with Crippen LogP contribution in [0.4, 0.5) is 0 Å². The third-order valence-corrected chi connectivity index (χ3v) is 5.10. The number of carbonyl (C=O) groups excluding carboxylic acids is 1. The minimum atomic E-state index is -0.149. The minimum Gasteiger partial charge on any atom is -0.488 e. The number of hydrogen-bond donors (Lipinski definition) is 1. The number of nitrogens with one attached hydrogen (secondary N) is 1. The Labute approximate surface area is 164 Å². The topological polar surface area (TPSA) is 73.2 Å². The van der Waals surface area contributed by atoms with Crippen molar-refractivity contribution < 1.29 is 9.53 Å². The Bertz CT molecular complexity index is 1040. The van der Waals surface area contributed by atoms with Crippen LogP contribution in [0, 0.1) is 0 Å². The summed E-state index contributed by atoms with van der Waals surface area (Å²) in [4.78, 5) is 29.0. The van der Waals surface area contributed by atoms with Crippen molar-refractivity contribution in [1.82, 2.24) is 14.9 Å². The number of nitrogens with zero attached hydrogens (tertiary/aromatic N) is 2. The molecule has 1 atom stereocenters. The lowest BCUT2D eigenvalue weighted by Gasteiger charge is -2.12. The second kappa shape index (κ2) is 7.52. The van der Waals surface area contributed by atoms with Crippen LogP contribution in [0.5, 0.6) is 5.75 Å². The van der Waals surface area contributed by atoms with Crippen LogP contribution in [0.3, 0.4) is 0 Å². The zero-order chi connectivity index (χ0) is 18.8. The number of carbonyl (C=O) groups is 1. The summed E-state index contributed by atoms with van der Waals surface area (Å²) in [6, 6.07) is 13.3. The molecule has 0 saturated carbocycles.